The van der Waals surface area contributed by atoms with E-state index in [0.717, 1.165) is 12.8 Å². The van der Waals surface area contributed by atoms with Crippen LogP contribution in [0.15, 0.2) is 18.2 Å². The molecule has 1 aliphatic rings. The van der Waals surface area contributed by atoms with Crippen molar-refractivity contribution in [1.29, 1.82) is 5.26 Å². The predicted octanol–water partition coefficient (Wildman–Crippen LogP) is 2.26. The van der Waals surface area contributed by atoms with Gasteiger partial charge >= 0.3 is 0 Å². The van der Waals surface area contributed by atoms with Gasteiger partial charge in [-0.1, -0.05) is 11.6 Å². The van der Waals surface area contributed by atoms with Crippen LogP contribution >= 0.6 is 11.6 Å². The molecule has 1 aliphatic carbocycles. The highest BCUT2D eigenvalue weighted by Gasteiger charge is 2.43. The second-order valence-electron chi connectivity index (χ2n) is 4.59. The monoisotopic (exact) mass is 281 g/mol. The smallest absolute Gasteiger partial charge is 0.273 e. The third-order valence-electron chi connectivity index (χ3n) is 3.11. The van der Waals surface area contributed by atoms with Crippen molar-refractivity contribution >= 4 is 17.3 Å². The number of nitrogens with two attached hydrogens (primary N) is 1. The van der Waals surface area contributed by atoms with E-state index in [9.17, 15) is 10.1 Å². The van der Waals surface area contributed by atoms with Crippen LogP contribution in [0.5, 0.6) is 5.75 Å². The van der Waals surface area contributed by atoms with Gasteiger partial charge in [-0.3, -0.25) is 10.1 Å². The molecule has 0 bridgehead atoms. The van der Waals surface area contributed by atoms with Gasteiger partial charge in [-0.25, -0.2) is 0 Å². The van der Waals surface area contributed by atoms with E-state index < -0.39 is 10.5 Å². The highest BCUT2D eigenvalue weighted by molar-refractivity contribution is 6.32. The summed E-state index contributed by atoms with van der Waals surface area (Å²) in [5, 5.41) is 20.0. The minimum absolute atomic E-state index is 0.0327. The van der Waals surface area contributed by atoms with E-state index in [4.69, 9.17) is 27.3 Å². The van der Waals surface area contributed by atoms with Gasteiger partial charge in [0.2, 0.25) is 0 Å². The number of non-ortho nitro benzene ring substituents is 1. The minimum atomic E-state index is -1.06. The van der Waals surface area contributed by atoms with Crippen LogP contribution < -0.4 is 10.5 Å². The Morgan fingerprint density at radius 3 is 2.84 bits per heavy atom. The summed E-state index contributed by atoms with van der Waals surface area (Å²) in [5.41, 5.74) is 4.75. The lowest BCUT2D eigenvalue weighted by molar-refractivity contribution is -0.384. The van der Waals surface area contributed by atoms with Gasteiger partial charge in [-0.2, -0.15) is 5.26 Å². The van der Waals surface area contributed by atoms with Gasteiger partial charge in [0.15, 0.2) is 0 Å². The van der Waals surface area contributed by atoms with E-state index in [1.54, 1.807) is 0 Å². The maximum Gasteiger partial charge on any atom is 0.273 e. The number of ether oxygens (including phenoxy) is 1. The van der Waals surface area contributed by atoms with Gasteiger partial charge < -0.3 is 10.5 Å². The molecule has 0 amide bonds. The number of nitrogens with zero attached hydrogens (tertiary/aromatic N) is 2. The van der Waals surface area contributed by atoms with E-state index >= 15 is 0 Å². The molecule has 1 unspecified atom stereocenters. The molecule has 1 saturated carbocycles. The van der Waals surface area contributed by atoms with Gasteiger partial charge in [-0.05, 0) is 24.8 Å². The predicted molar refractivity (Wildman–Crippen MR) is 68.9 cm³/mol. The Bertz CT molecular complexity index is 554. The number of halogens is 1. The lowest BCUT2D eigenvalue weighted by Gasteiger charge is -2.21. The maximum absolute atomic E-state index is 10.7. The summed E-state index contributed by atoms with van der Waals surface area (Å²) in [6.45, 7) is -0.0327. The standard InChI is InChI=1S/C12H12ClN3O3/c13-10-4-3-9(16(17)18)5-11(10)19-7-12(15,6-14)8-1-2-8/h3-5,8H,1-2,7,15H2. The first kappa shape index (κ1) is 13.6. The Hall–Kier alpha value is -1.84. The summed E-state index contributed by atoms with van der Waals surface area (Å²) >= 11 is 5.90. The topological polar surface area (TPSA) is 102 Å². The summed E-state index contributed by atoms with van der Waals surface area (Å²) in [6.07, 6.45) is 1.80. The highest BCUT2D eigenvalue weighted by Crippen LogP contribution is 2.39. The molecule has 2 N–H and O–H groups in total. The van der Waals surface area contributed by atoms with Crippen molar-refractivity contribution in [2.75, 3.05) is 6.61 Å². The van der Waals surface area contributed by atoms with E-state index in [1.165, 1.54) is 18.2 Å². The molecular formula is C12H12ClN3O3. The van der Waals surface area contributed by atoms with Crippen LogP contribution in [-0.2, 0) is 0 Å². The summed E-state index contributed by atoms with van der Waals surface area (Å²) in [4.78, 5) is 10.1. The van der Waals surface area contributed by atoms with Gasteiger partial charge in [-0.15, -0.1) is 0 Å². The third kappa shape index (κ3) is 2.95. The first-order chi connectivity index (χ1) is 8.96. The molecule has 100 valence electrons. The molecule has 0 heterocycles. The Kier molecular flexibility index (Phi) is 3.60. The Morgan fingerprint density at radius 2 is 2.32 bits per heavy atom. The molecule has 0 aromatic heterocycles. The number of rotatable bonds is 5. The second-order valence-corrected chi connectivity index (χ2v) is 4.99. The van der Waals surface area contributed by atoms with Crippen molar-refractivity contribution < 1.29 is 9.66 Å². The molecule has 7 heteroatoms. The number of hydrogen-bond acceptors (Lipinski definition) is 5. The molecule has 0 spiro atoms. The zero-order chi connectivity index (χ0) is 14.0. The Labute approximate surface area is 114 Å². The third-order valence-corrected chi connectivity index (χ3v) is 3.42. The fraction of sp³-hybridized carbons (Fsp3) is 0.417. The first-order valence-corrected chi connectivity index (χ1v) is 6.11. The zero-order valence-corrected chi connectivity index (χ0v) is 10.8. The molecule has 0 aliphatic heterocycles. The minimum Gasteiger partial charge on any atom is -0.489 e. The Morgan fingerprint density at radius 1 is 1.63 bits per heavy atom. The molecule has 1 aromatic rings. The van der Waals surface area contributed by atoms with Crippen molar-refractivity contribution in [2.45, 2.75) is 18.4 Å². The van der Waals surface area contributed by atoms with E-state index in [0.29, 0.717) is 0 Å². The maximum atomic E-state index is 10.7. The lowest BCUT2D eigenvalue weighted by atomic mass is 9.98. The second kappa shape index (κ2) is 5.03. The van der Waals surface area contributed by atoms with Crippen molar-refractivity contribution in [3.8, 4) is 11.8 Å². The fourth-order valence-corrected chi connectivity index (χ4v) is 1.93. The average Bonchev–Trinajstić information content (AvgIpc) is 3.21. The zero-order valence-electron chi connectivity index (χ0n) is 10.0. The van der Waals surface area contributed by atoms with Gasteiger partial charge in [0.05, 0.1) is 22.1 Å². The number of hydrogen-bond donors (Lipinski definition) is 1. The number of nitro groups is 1. The van der Waals surface area contributed by atoms with Crippen LogP contribution in [0.25, 0.3) is 0 Å². The summed E-state index contributed by atoms with van der Waals surface area (Å²) in [6, 6.07) is 5.95. The van der Waals surface area contributed by atoms with Gasteiger partial charge in [0.1, 0.15) is 17.9 Å². The van der Waals surface area contributed by atoms with Crippen LogP contribution in [0.2, 0.25) is 5.02 Å². The quantitative estimate of drug-likeness (QED) is 0.659. The van der Waals surface area contributed by atoms with Crippen molar-refractivity contribution in [3.63, 3.8) is 0 Å². The van der Waals surface area contributed by atoms with E-state index in [-0.39, 0.29) is 29.0 Å². The van der Waals surface area contributed by atoms with Crippen LogP contribution in [0, 0.1) is 27.4 Å². The normalized spacial score (nSPS) is 17.3. The fourth-order valence-electron chi connectivity index (χ4n) is 1.75. The number of nitriles is 1. The van der Waals surface area contributed by atoms with E-state index in [2.05, 4.69) is 0 Å². The average molecular weight is 282 g/mol. The first-order valence-electron chi connectivity index (χ1n) is 5.73. The van der Waals surface area contributed by atoms with Crippen LogP contribution in [0.4, 0.5) is 5.69 Å². The molecule has 6 nitrogen and oxygen atoms in total. The van der Waals surface area contributed by atoms with E-state index in [1.807, 2.05) is 6.07 Å². The largest absolute Gasteiger partial charge is 0.489 e. The molecule has 1 fully saturated rings. The molecule has 2 rings (SSSR count). The van der Waals surface area contributed by atoms with Crippen molar-refractivity contribution in [2.24, 2.45) is 11.7 Å². The summed E-state index contributed by atoms with van der Waals surface area (Å²) < 4.78 is 5.40. The molecule has 1 atom stereocenters. The highest BCUT2D eigenvalue weighted by atomic mass is 35.5. The number of nitro benzene ring substituents is 1. The molecule has 19 heavy (non-hydrogen) atoms. The van der Waals surface area contributed by atoms with Crippen molar-refractivity contribution in [3.05, 3.63) is 33.3 Å². The lowest BCUT2D eigenvalue weighted by Crippen LogP contribution is -2.46. The summed E-state index contributed by atoms with van der Waals surface area (Å²) in [7, 11) is 0. The molecule has 0 saturated heterocycles. The van der Waals surface area contributed by atoms with Crippen LogP contribution in [-0.4, -0.2) is 17.1 Å². The van der Waals surface area contributed by atoms with Crippen LogP contribution in [0.1, 0.15) is 12.8 Å². The molecular weight excluding hydrogens is 270 g/mol. The van der Waals surface area contributed by atoms with Gasteiger partial charge in [0.25, 0.3) is 5.69 Å². The Balaban J connectivity index is 2.13. The SMILES string of the molecule is N#CC(N)(COc1cc([N+](=O)[O-])ccc1Cl)C1CC1. The summed E-state index contributed by atoms with van der Waals surface area (Å²) in [5.74, 6) is 0.288. The molecule has 0 radical (unpaired) electrons. The van der Waals surface area contributed by atoms with Crippen molar-refractivity contribution in [1.82, 2.24) is 0 Å². The van der Waals surface area contributed by atoms with Crippen LogP contribution in [0.3, 0.4) is 0 Å². The molecule has 1 aromatic carbocycles. The van der Waals surface area contributed by atoms with Gasteiger partial charge in [0, 0.05) is 6.07 Å². The number of benzene rings is 1.